The Balaban J connectivity index is 2.00. The highest BCUT2D eigenvalue weighted by atomic mass is 16.4. The summed E-state index contributed by atoms with van der Waals surface area (Å²) in [6, 6.07) is 13.8. The molecule has 4 atom stereocenters. The van der Waals surface area contributed by atoms with E-state index in [2.05, 4.69) is 6.92 Å². The Morgan fingerprint density at radius 2 is 1.86 bits per heavy atom. The number of aliphatic carboxylic acids is 1. The van der Waals surface area contributed by atoms with Crippen LogP contribution in [0.2, 0.25) is 0 Å². The number of fused-ring (bicyclic) bond motifs is 1. The predicted molar refractivity (Wildman–Crippen MR) is 81.9 cm³/mol. The molecule has 2 aromatic rings. The number of carboxylic acid groups (broad SMARTS) is 1. The molecule has 1 aliphatic carbocycles. The highest BCUT2D eigenvalue weighted by Gasteiger charge is 2.41. The van der Waals surface area contributed by atoms with Crippen LogP contribution in [0.4, 0.5) is 0 Å². The summed E-state index contributed by atoms with van der Waals surface area (Å²) >= 11 is 0. The molecule has 0 spiro atoms. The Hall–Kier alpha value is -1.87. The fraction of sp³-hybridized carbons (Fsp3) is 0.389. The topological polar surface area (TPSA) is 57.5 Å². The molecule has 0 heterocycles. The summed E-state index contributed by atoms with van der Waals surface area (Å²) in [5.74, 6) is -1.10. The number of rotatable bonds is 3. The number of carbonyl (C=O) groups is 1. The molecule has 21 heavy (non-hydrogen) atoms. The third-order valence-corrected chi connectivity index (χ3v) is 4.71. The number of aliphatic hydroxyl groups excluding tert-OH is 1. The lowest BCUT2D eigenvalue weighted by Gasteiger charge is -2.23. The van der Waals surface area contributed by atoms with Crippen molar-refractivity contribution in [1.29, 1.82) is 0 Å². The van der Waals surface area contributed by atoms with E-state index in [0.717, 1.165) is 22.8 Å². The van der Waals surface area contributed by atoms with E-state index in [4.69, 9.17) is 0 Å². The molecule has 4 unspecified atom stereocenters. The molecule has 3 rings (SSSR count). The summed E-state index contributed by atoms with van der Waals surface area (Å²) in [7, 11) is 0. The van der Waals surface area contributed by atoms with Gasteiger partial charge in [-0.05, 0) is 35.1 Å². The second-order valence-corrected chi connectivity index (χ2v) is 6.20. The molecule has 110 valence electrons. The highest BCUT2D eigenvalue weighted by Crippen LogP contribution is 2.44. The Bertz CT molecular complexity index is 659. The van der Waals surface area contributed by atoms with Crippen molar-refractivity contribution in [3.8, 4) is 0 Å². The summed E-state index contributed by atoms with van der Waals surface area (Å²) in [5.41, 5.74) is 0.846. The lowest BCUT2D eigenvalue weighted by molar-refractivity contribution is -0.144. The van der Waals surface area contributed by atoms with Gasteiger partial charge < -0.3 is 10.2 Å². The number of hydrogen-bond donors (Lipinski definition) is 2. The molecule has 1 aliphatic rings. The molecule has 3 nitrogen and oxygen atoms in total. The molecule has 0 aromatic heterocycles. The Morgan fingerprint density at radius 3 is 2.62 bits per heavy atom. The summed E-state index contributed by atoms with van der Waals surface area (Å²) in [6.07, 6.45) is 0.700. The Labute approximate surface area is 124 Å². The molecular weight excluding hydrogens is 264 g/mol. The van der Waals surface area contributed by atoms with Crippen molar-refractivity contribution in [1.82, 2.24) is 0 Å². The van der Waals surface area contributed by atoms with Gasteiger partial charge in [-0.15, -0.1) is 0 Å². The number of hydrogen-bond acceptors (Lipinski definition) is 2. The third kappa shape index (κ3) is 2.54. The molecule has 0 amide bonds. The van der Waals surface area contributed by atoms with Gasteiger partial charge in [0.2, 0.25) is 0 Å². The first kappa shape index (κ1) is 14.1. The minimum Gasteiger partial charge on any atom is -0.481 e. The van der Waals surface area contributed by atoms with Gasteiger partial charge in [-0.1, -0.05) is 49.4 Å². The van der Waals surface area contributed by atoms with Crippen molar-refractivity contribution >= 4 is 16.7 Å². The van der Waals surface area contributed by atoms with Crippen molar-refractivity contribution in [2.24, 2.45) is 17.8 Å². The minimum atomic E-state index is -0.788. The quantitative estimate of drug-likeness (QED) is 0.905. The fourth-order valence-electron chi connectivity index (χ4n) is 3.71. The van der Waals surface area contributed by atoms with Crippen LogP contribution in [0.3, 0.4) is 0 Å². The van der Waals surface area contributed by atoms with Crippen molar-refractivity contribution < 1.29 is 15.0 Å². The zero-order chi connectivity index (χ0) is 15.0. The molecule has 2 aromatic carbocycles. The van der Waals surface area contributed by atoms with E-state index < -0.39 is 18.0 Å². The van der Waals surface area contributed by atoms with Crippen LogP contribution in [-0.2, 0) is 4.79 Å². The Morgan fingerprint density at radius 1 is 1.14 bits per heavy atom. The van der Waals surface area contributed by atoms with E-state index >= 15 is 0 Å². The van der Waals surface area contributed by atoms with Crippen molar-refractivity contribution in [2.45, 2.75) is 25.9 Å². The van der Waals surface area contributed by atoms with Gasteiger partial charge in [0.05, 0.1) is 12.0 Å². The first-order chi connectivity index (χ1) is 10.1. The summed E-state index contributed by atoms with van der Waals surface area (Å²) < 4.78 is 0. The van der Waals surface area contributed by atoms with Gasteiger partial charge in [0.25, 0.3) is 0 Å². The van der Waals surface area contributed by atoms with Gasteiger partial charge >= 0.3 is 5.97 Å². The first-order valence-electron chi connectivity index (χ1n) is 7.46. The number of benzene rings is 2. The molecule has 1 fully saturated rings. The van der Waals surface area contributed by atoms with Crippen molar-refractivity contribution in [3.63, 3.8) is 0 Å². The van der Waals surface area contributed by atoms with Gasteiger partial charge in [0.15, 0.2) is 0 Å². The largest absolute Gasteiger partial charge is 0.481 e. The van der Waals surface area contributed by atoms with Crippen LogP contribution in [0.15, 0.2) is 42.5 Å². The van der Waals surface area contributed by atoms with Gasteiger partial charge in [-0.2, -0.15) is 0 Å². The molecule has 0 radical (unpaired) electrons. The smallest absolute Gasteiger partial charge is 0.306 e. The van der Waals surface area contributed by atoms with Crippen LogP contribution in [-0.4, -0.2) is 16.2 Å². The normalized spacial score (nSPS) is 26.9. The molecular formula is C18H20O3. The van der Waals surface area contributed by atoms with E-state index in [1.807, 2.05) is 42.5 Å². The summed E-state index contributed by atoms with van der Waals surface area (Å²) in [6.45, 7) is 2.06. The van der Waals surface area contributed by atoms with Crippen LogP contribution < -0.4 is 0 Å². The number of carboxylic acids is 1. The molecule has 3 heteroatoms. The molecule has 0 saturated heterocycles. The van der Waals surface area contributed by atoms with E-state index in [0.29, 0.717) is 12.3 Å². The van der Waals surface area contributed by atoms with E-state index in [-0.39, 0.29) is 5.92 Å². The molecule has 1 saturated carbocycles. The van der Waals surface area contributed by atoms with Crippen molar-refractivity contribution in [2.75, 3.05) is 0 Å². The number of aliphatic hydroxyl groups is 1. The van der Waals surface area contributed by atoms with Crippen LogP contribution in [0, 0.1) is 17.8 Å². The zero-order valence-electron chi connectivity index (χ0n) is 12.1. The van der Waals surface area contributed by atoms with Crippen molar-refractivity contribution in [3.05, 3.63) is 48.0 Å². The minimum absolute atomic E-state index is 0.205. The van der Waals surface area contributed by atoms with E-state index in [1.165, 1.54) is 0 Å². The SMILES string of the molecule is CC1CC(C(=O)O)C(C(O)c2cccc3ccccc23)C1. The molecule has 2 N–H and O–H groups in total. The van der Waals surface area contributed by atoms with Gasteiger partial charge in [-0.3, -0.25) is 4.79 Å². The fourth-order valence-corrected chi connectivity index (χ4v) is 3.71. The summed E-state index contributed by atoms with van der Waals surface area (Å²) in [4.78, 5) is 11.4. The Kier molecular flexibility index (Phi) is 3.68. The monoisotopic (exact) mass is 284 g/mol. The van der Waals surface area contributed by atoms with Gasteiger partial charge in [0, 0.05) is 5.92 Å². The maximum Gasteiger partial charge on any atom is 0.306 e. The van der Waals surface area contributed by atoms with Crippen LogP contribution in [0.25, 0.3) is 10.8 Å². The second kappa shape index (κ2) is 5.49. The maximum atomic E-state index is 11.4. The van der Waals surface area contributed by atoms with E-state index in [9.17, 15) is 15.0 Å². The van der Waals surface area contributed by atoms with E-state index in [1.54, 1.807) is 0 Å². The predicted octanol–water partition coefficient (Wildman–Crippen LogP) is 3.62. The van der Waals surface area contributed by atoms with Gasteiger partial charge in [-0.25, -0.2) is 0 Å². The first-order valence-corrected chi connectivity index (χ1v) is 7.46. The average molecular weight is 284 g/mol. The highest BCUT2D eigenvalue weighted by molar-refractivity contribution is 5.86. The second-order valence-electron chi connectivity index (χ2n) is 6.20. The van der Waals surface area contributed by atoms with Crippen LogP contribution in [0.5, 0.6) is 0 Å². The molecule has 0 aliphatic heterocycles. The lowest BCUT2D eigenvalue weighted by Crippen LogP contribution is -2.24. The van der Waals surface area contributed by atoms with Gasteiger partial charge in [0.1, 0.15) is 0 Å². The molecule has 0 bridgehead atoms. The lowest BCUT2D eigenvalue weighted by atomic mass is 9.85. The zero-order valence-corrected chi connectivity index (χ0v) is 12.1. The van der Waals surface area contributed by atoms with Crippen LogP contribution in [0.1, 0.15) is 31.4 Å². The standard InChI is InChI=1S/C18H20O3/c1-11-9-15(16(10-11)18(20)21)17(19)14-8-4-6-12-5-2-3-7-13(12)14/h2-8,11,15-17,19H,9-10H2,1H3,(H,20,21). The van der Waals surface area contributed by atoms with Crippen LogP contribution >= 0.6 is 0 Å². The maximum absolute atomic E-state index is 11.4. The summed E-state index contributed by atoms with van der Waals surface area (Å²) in [5, 5.41) is 22.3. The third-order valence-electron chi connectivity index (χ3n) is 4.71. The average Bonchev–Trinajstić information content (AvgIpc) is 2.88.